The van der Waals surface area contributed by atoms with Gasteiger partial charge in [-0.3, -0.25) is 4.79 Å². The molecule has 0 atom stereocenters. The molecule has 0 radical (unpaired) electrons. The summed E-state index contributed by atoms with van der Waals surface area (Å²) in [5.41, 5.74) is 3.81. The fraction of sp³-hybridized carbons (Fsp3) is 0.286. The number of anilines is 2. The Morgan fingerprint density at radius 3 is 3.16 bits per heavy atom. The topological polar surface area (TPSA) is 59.0 Å². The van der Waals surface area contributed by atoms with E-state index in [1.807, 2.05) is 18.2 Å². The number of aryl methyl sites for hydroxylation is 2. The predicted molar refractivity (Wildman–Crippen MR) is 74.4 cm³/mol. The highest BCUT2D eigenvalue weighted by molar-refractivity contribution is 6.03. The van der Waals surface area contributed by atoms with Crippen molar-refractivity contribution in [3.63, 3.8) is 0 Å². The number of carbonyl (C=O) groups excluding carboxylic acids is 1. The summed E-state index contributed by atoms with van der Waals surface area (Å²) in [5.74, 6) is -0.135. The number of carbonyl (C=O) groups is 1. The lowest BCUT2D eigenvalue weighted by Crippen LogP contribution is -2.16. The van der Waals surface area contributed by atoms with Crippen molar-refractivity contribution in [3.8, 4) is 0 Å². The molecule has 1 aliphatic rings. The Kier molecular flexibility index (Phi) is 2.95. The number of aromatic nitrogens is 2. The zero-order valence-electron chi connectivity index (χ0n) is 10.8. The summed E-state index contributed by atoms with van der Waals surface area (Å²) in [6.07, 6.45) is 5.37. The fourth-order valence-electron chi connectivity index (χ4n) is 2.32. The van der Waals surface area contributed by atoms with Gasteiger partial charge in [0, 0.05) is 25.0 Å². The summed E-state index contributed by atoms with van der Waals surface area (Å²) < 4.78 is 1.70. The highest BCUT2D eigenvalue weighted by Crippen LogP contribution is 2.25. The van der Waals surface area contributed by atoms with Gasteiger partial charge < -0.3 is 15.2 Å². The third kappa shape index (κ3) is 2.31. The van der Waals surface area contributed by atoms with E-state index >= 15 is 0 Å². The number of benzene rings is 1. The first-order valence-corrected chi connectivity index (χ1v) is 6.38. The monoisotopic (exact) mass is 256 g/mol. The molecule has 3 rings (SSSR count). The zero-order chi connectivity index (χ0) is 13.2. The second-order valence-electron chi connectivity index (χ2n) is 4.75. The minimum Gasteiger partial charge on any atom is -0.385 e. The molecular formula is C14H16N4O. The van der Waals surface area contributed by atoms with Crippen LogP contribution in [0, 0.1) is 0 Å². The van der Waals surface area contributed by atoms with Crippen LogP contribution in [-0.4, -0.2) is 22.0 Å². The Bertz CT molecular complexity index is 618. The minimum atomic E-state index is -0.135. The van der Waals surface area contributed by atoms with Crippen LogP contribution in [0.2, 0.25) is 0 Å². The van der Waals surface area contributed by atoms with E-state index in [-0.39, 0.29) is 5.91 Å². The maximum Gasteiger partial charge on any atom is 0.273 e. The lowest BCUT2D eigenvalue weighted by atomic mass is 10.0. The number of hydrogen-bond acceptors (Lipinski definition) is 3. The summed E-state index contributed by atoms with van der Waals surface area (Å²) in [5, 5.41) is 6.26. The highest BCUT2D eigenvalue weighted by Gasteiger charge is 2.12. The number of nitrogens with zero attached hydrogens (tertiary/aromatic N) is 2. The molecular weight excluding hydrogens is 240 g/mol. The van der Waals surface area contributed by atoms with Crippen molar-refractivity contribution in [3.05, 3.63) is 42.0 Å². The molecule has 1 aliphatic heterocycles. The van der Waals surface area contributed by atoms with E-state index in [2.05, 4.69) is 15.6 Å². The van der Waals surface area contributed by atoms with Crippen LogP contribution in [0.5, 0.6) is 0 Å². The number of fused-ring (bicyclic) bond motifs is 1. The largest absolute Gasteiger partial charge is 0.385 e. The molecule has 0 fully saturated rings. The van der Waals surface area contributed by atoms with Gasteiger partial charge >= 0.3 is 0 Å². The molecule has 19 heavy (non-hydrogen) atoms. The second-order valence-corrected chi connectivity index (χ2v) is 4.75. The average molecular weight is 256 g/mol. The van der Waals surface area contributed by atoms with Crippen LogP contribution in [0.25, 0.3) is 0 Å². The van der Waals surface area contributed by atoms with Gasteiger partial charge in [0.05, 0.1) is 12.5 Å². The molecule has 0 saturated carbocycles. The lowest BCUT2D eigenvalue weighted by molar-refractivity contribution is 0.101. The first-order valence-electron chi connectivity index (χ1n) is 6.38. The number of nitrogens with one attached hydrogen (secondary N) is 2. The molecule has 1 aromatic carbocycles. The van der Waals surface area contributed by atoms with Gasteiger partial charge in [0.2, 0.25) is 0 Å². The van der Waals surface area contributed by atoms with Crippen molar-refractivity contribution in [1.29, 1.82) is 0 Å². The van der Waals surface area contributed by atoms with Crippen molar-refractivity contribution in [2.45, 2.75) is 12.8 Å². The average Bonchev–Trinajstić information content (AvgIpc) is 2.85. The molecule has 0 spiro atoms. The zero-order valence-corrected chi connectivity index (χ0v) is 10.8. The van der Waals surface area contributed by atoms with Crippen LogP contribution >= 0.6 is 0 Å². The van der Waals surface area contributed by atoms with Gasteiger partial charge in [-0.05, 0) is 36.6 Å². The summed E-state index contributed by atoms with van der Waals surface area (Å²) in [6.45, 7) is 1.02. The molecule has 98 valence electrons. The van der Waals surface area contributed by atoms with E-state index in [4.69, 9.17) is 0 Å². The van der Waals surface area contributed by atoms with E-state index in [1.165, 1.54) is 11.3 Å². The van der Waals surface area contributed by atoms with Gasteiger partial charge in [-0.25, -0.2) is 4.98 Å². The van der Waals surface area contributed by atoms with Crippen LogP contribution in [0.1, 0.15) is 22.5 Å². The van der Waals surface area contributed by atoms with Crippen LogP contribution < -0.4 is 10.6 Å². The molecule has 1 aromatic heterocycles. The molecule has 0 aliphatic carbocycles. The van der Waals surface area contributed by atoms with E-state index in [9.17, 15) is 4.79 Å². The summed E-state index contributed by atoms with van der Waals surface area (Å²) in [4.78, 5) is 16.0. The Balaban J connectivity index is 1.80. The van der Waals surface area contributed by atoms with Gasteiger partial charge in [-0.2, -0.15) is 0 Å². The molecule has 2 N–H and O–H groups in total. The van der Waals surface area contributed by atoms with Crippen LogP contribution in [0.15, 0.2) is 30.7 Å². The van der Waals surface area contributed by atoms with Crippen LogP contribution in [0.3, 0.4) is 0 Å². The van der Waals surface area contributed by atoms with Crippen molar-refractivity contribution in [1.82, 2.24) is 9.55 Å². The first-order chi connectivity index (χ1) is 9.24. The molecule has 5 heteroatoms. The van der Waals surface area contributed by atoms with Crippen molar-refractivity contribution in [2.75, 3.05) is 17.2 Å². The van der Waals surface area contributed by atoms with Gasteiger partial charge in [0.25, 0.3) is 5.91 Å². The summed E-state index contributed by atoms with van der Waals surface area (Å²) in [7, 11) is 1.80. The van der Waals surface area contributed by atoms with E-state index < -0.39 is 0 Å². The third-order valence-electron chi connectivity index (χ3n) is 3.35. The SMILES string of the molecule is Cn1cncc1C(=O)Nc1ccc2c(c1)CCCN2. The summed E-state index contributed by atoms with van der Waals surface area (Å²) >= 11 is 0. The third-order valence-corrected chi connectivity index (χ3v) is 3.35. The fourth-order valence-corrected chi connectivity index (χ4v) is 2.32. The van der Waals surface area contributed by atoms with Gasteiger partial charge in [-0.15, -0.1) is 0 Å². The molecule has 0 unspecified atom stereocenters. The Labute approximate surface area is 111 Å². The van der Waals surface area contributed by atoms with E-state index in [0.717, 1.165) is 25.1 Å². The van der Waals surface area contributed by atoms with Gasteiger partial charge in [0.1, 0.15) is 5.69 Å². The number of amides is 1. The molecule has 0 bridgehead atoms. The maximum absolute atomic E-state index is 12.1. The minimum absolute atomic E-state index is 0.135. The number of imidazole rings is 1. The van der Waals surface area contributed by atoms with Crippen molar-refractivity contribution < 1.29 is 4.79 Å². The van der Waals surface area contributed by atoms with E-state index in [1.54, 1.807) is 24.1 Å². The molecule has 5 nitrogen and oxygen atoms in total. The Morgan fingerprint density at radius 2 is 2.37 bits per heavy atom. The Hall–Kier alpha value is -2.30. The molecule has 1 amide bonds. The normalized spacial score (nSPS) is 13.5. The smallest absolute Gasteiger partial charge is 0.273 e. The maximum atomic E-state index is 12.1. The number of rotatable bonds is 2. The summed E-state index contributed by atoms with van der Waals surface area (Å²) in [6, 6.07) is 5.98. The molecule has 2 heterocycles. The quantitative estimate of drug-likeness (QED) is 0.864. The highest BCUT2D eigenvalue weighted by atomic mass is 16.1. The van der Waals surface area contributed by atoms with Crippen molar-refractivity contribution >= 4 is 17.3 Å². The molecule has 2 aromatic rings. The van der Waals surface area contributed by atoms with Crippen molar-refractivity contribution in [2.24, 2.45) is 7.05 Å². The van der Waals surface area contributed by atoms with Crippen LogP contribution in [-0.2, 0) is 13.5 Å². The lowest BCUT2D eigenvalue weighted by Gasteiger charge is -2.18. The number of hydrogen-bond donors (Lipinski definition) is 2. The van der Waals surface area contributed by atoms with Gasteiger partial charge in [0.15, 0.2) is 0 Å². The standard InChI is InChI=1S/C14H16N4O/c1-18-9-15-8-13(18)14(19)17-11-4-5-12-10(7-11)3-2-6-16-12/h4-5,7-9,16H,2-3,6H2,1H3,(H,17,19). The van der Waals surface area contributed by atoms with Gasteiger partial charge in [-0.1, -0.05) is 0 Å². The van der Waals surface area contributed by atoms with Crippen LogP contribution in [0.4, 0.5) is 11.4 Å². The van der Waals surface area contributed by atoms with E-state index in [0.29, 0.717) is 5.69 Å². The second kappa shape index (κ2) is 4.76. The Morgan fingerprint density at radius 1 is 1.47 bits per heavy atom. The predicted octanol–water partition coefficient (Wildman–Crippen LogP) is 2.03. The first kappa shape index (κ1) is 11.8. The molecule has 0 saturated heterocycles.